The molecule has 0 unspecified atom stereocenters. The van der Waals surface area contributed by atoms with Crippen molar-refractivity contribution in [2.24, 2.45) is 5.73 Å². The number of rotatable bonds is 3. The van der Waals surface area contributed by atoms with Crippen LogP contribution in [0.15, 0.2) is 41.1 Å². The van der Waals surface area contributed by atoms with Crippen molar-refractivity contribution < 1.29 is 4.74 Å². The zero-order chi connectivity index (χ0) is 13.1. The van der Waals surface area contributed by atoms with Crippen LogP contribution in [0.4, 0.5) is 0 Å². The number of aromatic nitrogens is 1. The molecule has 92 valence electrons. The summed E-state index contributed by atoms with van der Waals surface area (Å²) in [4.78, 5) is 4.23. The Balaban J connectivity index is 2.40. The lowest BCUT2D eigenvalue weighted by atomic mass is 10.2. The van der Waals surface area contributed by atoms with Gasteiger partial charge in [0.15, 0.2) is 5.75 Å². The van der Waals surface area contributed by atoms with Gasteiger partial charge in [0.25, 0.3) is 0 Å². The first-order valence-electron chi connectivity index (χ1n) is 4.94. The van der Waals surface area contributed by atoms with E-state index in [1.165, 1.54) is 0 Å². The van der Waals surface area contributed by atoms with Crippen molar-refractivity contribution in [2.75, 3.05) is 0 Å². The van der Waals surface area contributed by atoms with E-state index >= 15 is 0 Å². The summed E-state index contributed by atoms with van der Waals surface area (Å²) in [5.74, 6) is 0.988. The van der Waals surface area contributed by atoms with Crippen molar-refractivity contribution in [3.8, 4) is 11.5 Å². The molecule has 2 rings (SSSR count). The SMILES string of the molecule is NC(=S)c1ccncc1Oc1cc(Br)ccc1Cl. The predicted octanol–water partition coefficient (Wildman–Crippen LogP) is 3.92. The van der Waals surface area contributed by atoms with E-state index in [4.69, 9.17) is 34.3 Å². The molecule has 0 fully saturated rings. The van der Waals surface area contributed by atoms with Gasteiger partial charge in [0, 0.05) is 10.7 Å². The van der Waals surface area contributed by atoms with Gasteiger partial charge < -0.3 is 10.5 Å². The second kappa shape index (κ2) is 5.65. The maximum atomic E-state index is 6.05. The van der Waals surface area contributed by atoms with E-state index in [2.05, 4.69) is 20.9 Å². The Morgan fingerprint density at radius 1 is 1.33 bits per heavy atom. The summed E-state index contributed by atoms with van der Waals surface area (Å²) in [5.41, 5.74) is 6.24. The van der Waals surface area contributed by atoms with E-state index in [1.807, 2.05) is 6.07 Å². The van der Waals surface area contributed by atoms with Gasteiger partial charge in [-0.3, -0.25) is 4.98 Å². The van der Waals surface area contributed by atoms with Gasteiger partial charge in [0.2, 0.25) is 0 Å². The minimum absolute atomic E-state index is 0.249. The molecular formula is C12H8BrClN2OS. The van der Waals surface area contributed by atoms with Crippen LogP contribution < -0.4 is 10.5 Å². The molecule has 0 radical (unpaired) electrons. The predicted molar refractivity (Wildman–Crippen MR) is 79.4 cm³/mol. The van der Waals surface area contributed by atoms with E-state index in [0.29, 0.717) is 22.1 Å². The zero-order valence-corrected chi connectivity index (χ0v) is 12.2. The highest BCUT2D eigenvalue weighted by Crippen LogP contribution is 2.33. The average molecular weight is 344 g/mol. The third kappa shape index (κ3) is 2.98. The highest BCUT2D eigenvalue weighted by atomic mass is 79.9. The molecule has 0 aliphatic heterocycles. The van der Waals surface area contributed by atoms with Crippen molar-refractivity contribution in [2.45, 2.75) is 0 Å². The molecule has 0 bridgehead atoms. The van der Waals surface area contributed by atoms with Gasteiger partial charge in [-0.05, 0) is 24.3 Å². The van der Waals surface area contributed by atoms with Crippen molar-refractivity contribution in [1.82, 2.24) is 4.98 Å². The Bertz CT molecular complexity index is 606. The molecule has 3 nitrogen and oxygen atoms in total. The van der Waals surface area contributed by atoms with Crippen LogP contribution in [0, 0.1) is 0 Å². The third-order valence-corrected chi connectivity index (χ3v) is 3.19. The molecule has 2 N–H and O–H groups in total. The molecule has 2 aromatic rings. The second-order valence-corrected chi connectivity index (χ2v) is 5.18. The van der Waals surface area contributed by atoms with Crippen LogP contribution in [0.2, 0.25) is 5.02 Å². The van der Waals surface area contributed by atoms with Gasteiger partial charge in [-0.25, -0.2) is 0 Å². The van der Waals surface area contributed by atoms with Gasteiger partial charge in [-0.2, -0.15) is 0 Å². The van der Waals surface area contributed by atoms with Gasteiger partial charge >= 0.3 is 0 Å². The van der Waals surface area contributed by atoms with E-state index in [1.54, 1.807) is 30.6 Å². The van der Waals surface area contributed by atoms with Crippen molar-refractivity contribution in [1.29, 1.82) is 0 Å². The number of thiocarbonyl (C=S) groups is 1. The van der Waals surface area contributed by atoms with Crippen LogP contribution in [0.5, 0.6) is 11.5 Å². The number of halogens is 2. The maximum Gasteiger partial charge on any atom is 0.155 e. The summed E-state index contributed by atoms with van der Waals surface area (Å²) in [5, 5.41) is 0.496. The molecule has 18 heavy (non-hydrogen) atoms. The number of nitrogens with two attached hydrogens (primary N) is 1. The highest BCUT2D eigenvalue weighted by molar-refractivity contribution is 9.10. The minimum Gasteiger partial charge on any atom is -0.453 e. The first-order valence-corrected chi connectivity index (χ1v) is 6.52. The van der Waals surface area contributed by atoms with Crippen molar-refractivity contribution >= 4 is 44.7 Å². The van der Waals surface area contributed by atoms with E-state index < -0.39 is 0 Å². The average Bonchev–Trinajstić information content (AvgIpc) is 2.34. The number of hydrogen-bond donors (Lipinski definition) is 1. The van der Waals surface area contributed by atoms with Gasteiger partial charge in [-0.15, -0.1) is 0 Å². The number of benzene rings is 1. The fourth-order valence-electron chi connectivity index (χ4n) is 1.34. The largest absolute Gasteiger partial charge is 0.453 e. The van der Waals surface area contributed by atoms with Crippen molar-refractivity contribution in [3.63, 3.8) is 0 Å². The van der Waals surface area contributed by atoms with Crippen LogP contribution in [0.25, 0.3) is 0 Å². The lowest BCUT2D eigenvalue weighted by molar-refractivity contribution is 0.479. The third-order valence-electron chi connectivity index (χ3n) is 2.16. The summed E-state index contributed by atoms with van der Waals surface area (Å²) >= 11 is 14.4. The second-order valence-electron chi connectivity index (χ2n) is 3.41. The molecule has 0 spiro atoms. The maximum absolute atomic E-state index is 6.05. The number of pyridine rings is 1. The molecular weight excluding hydrogens is 336 g/mol. The van der Waals surface area contributed by atoms with E-state index in [0.717, 1.165) is 4.47 Å². The summed E-state index contributed by atoms with van der Waals surface area (Å²) in [6.07, 6.45) is 3.15. The molecule has 1 heterocycles. The number of hydrogen-bond acceptors (Lipinski definition) is 3. The number of ether oxygens (including phenoxy) is 1. The first kappa shape index (κ1) is 13.3. The Labute approximate surface area is 123 Å². The molecule has 0 aliphatic rings. The highest BCUT2D eigenvalue weighted by Gasteiger charge is 2.10. The molecule has 0 atom stereocenters. The topological polar surface area (TPSA) is 48.1 Å². The molecule has 0 amide bonds. The molecule has 1 aromatic heterocycles. The summed E-state index contributed by atoms with van der Waals surface area (Å²) in [7, 11) is 0. The van der Waals surface area contributed by atoms with Crippen LogP contribution >= 0.6 is 39.7 Å². The molecule has 0 aliphatic carbocycles. The lowest BCUT2D eigenvalue weighted by Gasteiger charge is -2.10. The first-order chi connectivity index (χ1) is 8.58. The lowest BCUT2D eigenvalue weighted by Crippen LogP contribution is -2.10. The minimum atomic E-state index is 0.249. The fraction of sp³-hybridized carbons (Fsp3) is 0. The van der Waals surface area contributed by atoms with Gasteiger partial charge in [-0.1, -0.05) is 39.7 Å². The Kier molecular flexibility index (Phi) is 4.16. The van der Waals surface area contributed by atoms with E-state index in [9.17, 15) is 0 Å². The van der Waals surface area contributed by atoms with Crippen molar-refractivity contribution in [3.05, 3.63) is 51.7 Å². The van der Waals surface area contributed by atoms with Gasteiger partial charge in [0.05, 0.1) is 16.8 Å². The molecule has 1 aromatic carbocycles. The summed E-state index contributed by atoms with van der Waals surface area (Å²) in [6.45, 7) is 0. The quantitative estimate of drug-likeness (QED) is 0.858. The monoisotopic (exact) mass is 342 g/mol. The normalized spacial score (nSPS) is 10.1. The Hall–Kier alpha value is -1.17. The van der Waals surface area contributed by atoms with Crippen LogP contribution in [0.1, 0.15) is 5.56 Å². The molecule has 0 saturated carbocycles. The zero-order valence-electron chi connectivity index (χ0n) is 9.06. The van der Waals surface area contributed by atoms with Crippen LogP contribution in [-0.4, -0.2) is 9.97 Å². The van der Waals surface area contributed by atoms with Crippen LogP contribution in [0.3, 0.4) is 0 Å². The molecule has 6 heteroatoms. The summed E-state index contributed by atoms with van der Waals surface area (Å²) < 4.78 is 6.55. The Morgan fingerprint density at radius 3 is 2.83 bits per heavy atom. The molecule has 0 saturated heterocycles. The van der Waals surface area contributed by atoms with Crippen LogP contribution in [-0.2, 0) is 0 Å². The smallest absolute Gasteiger partial charge is 0.155 e. The standard InChI is InChI=1S/C12H8BrClN2OS/c13-7-1-2-9(14)10(5-7)17-11-6-16-4-3-8(11)12(15)18/h1-6H,(H2,15,18). The fourth-order valence-corrected chi connectivity index (χ4v) is 2.00. The Morgan fingerprint density at radius 2 is 2.11 bits per heavy atom. The summed E-state index contributed by atoms with van der Waals surface area (Å²) in [6, 6.07) is 7.02. The van der Waals surface area contributed by atoms with E-state index in [-0.39, 0.29) is 4.99 Å². The van der Waals surface area contributed by atoms with Gasteiger partial charge in [0.1, 0.15) is 10.7 Å². The number of nitrogens with zero attached hydrogens (tertiary/aromatic N) is 1.